The van der Waals surface area contributed by atoms with Crippen LogP contribution < -0.4 is 0 Å². The lowest BCUT2D eigenvalue weighted by molar-refractivity contribution is -0.118. The maximum Gasteiger partial charge on any atom is 0.130 e. The van der Waals surface area contributed by atoms with E-state index in [-0.39, 0.29) is 16.6 Å². The Kier molecular flexibility index (Phi) is 14.1. The van der Waals surface area contributed by atoms with Crippen molar-refractivity contribution in [1.82, 2.24) is 0 Å². The van der Waals surface area contributed by atoms with Crippen LogP contribution in [-0.2, 0) is 4.79 Å². The van der Waals surface area contributed by atoms with Gasteiger partial charge in [-0.3, -0.25) is 4.79 Å². The maximum atomic E-state index is 11.2. The summed E-state index contributed by atoms with van der Waals surface area (Å²) in [5, 5.41) is 0. The lowest BCUT2D eigenvalue weighted by atomic mass is 9.87. The minimum absolute atomic E-state index is 0.0375. The minimum atomic E-state index is -0.0375. The largest absolute Gasteiger partial charge is 0.300 e. The van der Waals surface area contributed by atoms with Crippen molar-refractivity contribution >= 4 is 5.78 Å². The number of carbonyl (C=O) groups excluding carboxylic acids is 1. The molecule has 0 aromatic heterocycles. The molecule has 0 bridgehead atoms. The van der Waals surface area contributed by atoms with Crippen molar-refractivity contribution in [2.24, 2.45) is 10.8 Å². The molecule has 0 saturated heterocycles. The fourth-order valence-electron chi connectivity index (χ4n) is 2.67. The van der Waals surface area contributed by atoms with E-state index in [1.165, 1.54) is 0 Å². The molecule has 0 saturated carbocycles. The molecule has 0 amide bonds. The zero-order valence-corrected chi connectivity index (χ0v) is 19.1. The summed E-state index contributed by atoms with van der Waals surface area (Å²) >= 11 is 0. The third kappa shape index (κ3) is 20.4. The molecule has 0 atom stereocenters. The fourth-order valence-corrected chi connectivity index (χ4v) is 2.67. The first-order chi connectivity index (χ1) is 13.1. The molecule has 0 aliphatic carbocycles. The molecule has 0 aromatic rings. The first kappa shape index (κ1) is 26.1. The van der Waals surface area contributed by atoms with Crippen molar-refractivity contribution in [3.8, 4) is 0 Å². The third-order valence-electron chi connectivity index (χ3n) is 3.92. The van der Waals surface area contributed by atoms with Crippen LogP contribution in [0.25, 0.3) is 0 Å². The molecule has 1 nitrogen and oxygen atoms in total. The van der Waals surface area contributed by atoms with E-state index in [1.807, 2.05) is 0 Å². The number of ketones is 1. The molecule has 0 aliphatic rings. The molecule has 0 fully saturated rings. The summed E-state index contributed by atoms with van der Waals surface area (Å²) in [5.41, 5.74) is 0.239. The Morgan fingerprint density at radius 1 is 0.571 bits per heavy atom. The lowest BCUT2D eigenvalue weighted by Crippen LogP contribution is -2.11. The standard InChI is InChI=1S/C27H42O/c1-25(28)24-27(5,6)23-21-19-17-15-13-11-9-7-8-10-12-14-16-18-20-22-26(2,3)4/h8-11,14-17,20-23H,7,12-13,18-19,24H2,1-6H3/b10-8-,11-9-,16-14-,17-15-,22-20-,23-21-. The quantitative estimate of drug-likeness (QED) is 0.293. The molecule has 0 heterocycles. The summed E-state index contributed by atoms with van der Waals surface area (Å²) < 4.78 is 0. The van der Waals surface area contributed by atoms with Crippen LogP contribution in [0.2, 0.25) is 0 Å². The van der Waals surface area contributed by atoms with Gasteiger partial charge < -0.3 is 0 Å². The predicted octanol–water partition coefficient (Wildman–Crippen LogP) is 8.33. The highest BCUT2D eigenvalue weighted by Crippen LogP contribution is 2.22. The van der Waals surface area contributed by atoms with E-state index in [9.17, 15) is 4.79 Å². The van der Waals surface area contributed by atoms with Crippen LogP contribution in [0.5, 0.6) is 0 Å². The predicted molar refractivity (Wildman–Crippen MR) is 126 cm³/mol. The van der Waals surface area contributed by atoms with Crippen molar-refractivity contribution in [3.63, 3.8) is 0 Å². The van der Waals surface area contributed by atoms with Gasteiger partial charge in [0.15, 0.2) is 0 Å². The SMILES string of the molecule is CC(=O)CC(C)(C)/C=C\C/C=C\C/C=C\C/C=C\C/C=C\C/C=C\C(C)(C)C. The van der Waals surface area contributed by atoms with Crippen LogP contribution in [0.4, 0.5) is 0 Å². The van der Waals surface area contributed by atoms with Crippen molar-refractivity contribution < 1.29 is 4.79 Å². The van der Waals surface area contributed by atoms with Gasteiger partial charge in [0.25, 0.3) is 0 Å². The summed E-state index contributed by atoms with van der Waals surface area (Å²) in [4.78, 5) is 11.2. The summed E-state index contributed by atoms with van der Waals surface area (Å²) in [5.74, 6) is 0.244. The van der Waals surface area contributed by atoms with Gasteiger partial charge in [-0.15, -0.1) is 0 Å². The van der Waals surface area contributed by atoms with E-state index in [0.29, 0.717) is 6.42 Å². The lowest BCUT2D eigenvalue weighted by Gasteiger charge is -2.17. The highest BCUT2D eigenvalue weighted by molar-refractivity contribution is 5.76. The molecule has 0 unspecified atom stereocenters. The monoisotopic (exact) mass is 382 g/mol. The second-order valence-electron chi connectivity index (χ2n) is 9.10. The molecule has 0 aromatic carbocycles. The van der Waals surface area contributed by atoms with Crippen LogP contribution in [0.15, 0.2) is 72.9 Å². The van der Waals surface area contributed by atoms with Gasteiger partial charge in [0.05, 0.1) is 0 Å². The fraction of sp³-hybridized carbons (Fsp3) is 0.519. The molecular weight excluding hydrogens is 340 g/mol. The third-order valence-corrected chi connectivity index (χ3v) is 3.92. The zero-order chi connectivity index (χ0) is 21.3. The first-order valence-corrected chi connectivity index (χ1v) is 10.6. The molecule has 1 heteroatoms. The number of Topliss-reactive ketones (excluding diaryl/α,β-unsaturated/α-hetero) is 1. The van der Waals surface area contributed by atoms with Gasteiger partial charge in [-0.05, 0) is 49.9 Å². The summed E-state index contributed by atoms with van der Waals surface area (Å²) in [6.45, 7) is 12.5. The van der Waals surface area contributed by atoms with E-state index < -0.39 is 0 Å². The Hall–Kier alpha value is -1.89. The van der Waals surface area contributed by atoms with Gasteiger partial charge in [-0.1, -0.05) is 108 Å². The second-order valence-corrected chi connectivity index (χ2v) is 9.10. The minimum Gasteiger partial charge on any atom is -0.300 e. The molecule has 0 N–H and O–H groups in total. The Balaban J connectivity index is 3.79. The van der Waals surface area contributed by atoms with Crippen molar-refractivity contribution in [3.05, 3.63) is 72.9 Å². The molecule has 0 spiro atoms. The van der Waals surface area contributed by atoms with E-state index in [2.05, 4.69) is 108 Å². The van der Waals surface area contributed by atoms with Crippen molar-refractivity contribution in [2.75, 3.05) is 0 Å². The Labute approximate surface area is 174 Å². The van der Waals surface area contributed by atoms with Crippen LogP contribution in [0.3, 0.4) is 0 Å². The summed E-state index contributed by atoms with van der Waals surface area (Å²) in [7, 11) is 0. The van der Waals surface area contributed by atoms with Crippen molar-refractivity contribution in [1.29, 1.82) is 0 Å². The number of rotatable bonds is 13. The molecule has 28 heavy (non-hydrogen) atoms. The normalized spacial score (nSPS) is 14.2. The number of hydrogen-bond donors (Lipinski definition) is 0. The molecule has 0 radical (unpaired) electrons. The second kappa shape index (κ2) is 15.1. The van der Waals surface area contributed by atoms with Gasteiger partial charge in [-0.2, -0.15) is 0 Å². The Bertz CT molecular complexity index is 586. The highest BCUT2D eigenvalue weighted by atomic mass is 16.1. The Morgan fingerprint density at radius 2 is 0.893 bits per heavy atom. The van der Waals surface area contributed by atoms with Gasteiger partial charge in [0.1, 0.15) is 5.78 Å². The van der Waals surface area contributed by atoms with Gasteiger partial charge in [0.2, 0.25) is 0 Å². The summed E-state index contributed by atoms with van der Waals surface area (Å²) in [6.07, 6.45) is 32.0. The molecule has 0 rings (SSSR count). The van der Waals surface area contributed by atoms with Crippen molar-refractivity contribution in [2.45, 2.75) is 80.1 Å². The summed E-state index contributed by atoms with van der Waals surface area (Å²) in [6, 6.07) is 0. The Morgan fingerprint density at radius 3 is 1.21 bits per heavy atom. The zero-order valence-electron chi connectivity index (χ0n) is 19.1. The van der Waals surface area contributed by atoms with E-state index in [0.717, 1.165) is 32.1 Å². The van der Waals surface area contributed by atoms with E-state index >= 15 is 0 Å². The number of allylic oxidation sites excluding steroid dienone is 12. The smallest absolute Gasteiger partial charge is 0.130 e. The molecule has 156 valence electrons. The van der Waals surface area contributed by atoms with Crippen LogP contribution >= 0.6 is 0 Å². The first-order valence-electron chi connectivity index (χ1n) is 10.6. The van der Waals surface area contributed by atoms with Crippen LogP contribution in [0.1, 0.15) is 80.1 Å². The average molecular weight is 383 g/mol. The maximum absolute atomic E-state index is 11.2. The topological polar surface area (TPSA) is 17.1 Å². The van der Waals surface area contributed by atoms with Crippen LogP contribution in [0, 0.1) is 10.8 Å². The van der Waals surface area contributed by atoms with E-state index in [4.69, 9.17) is 0 Å². The van der Waals surface area contributed by atoms with Gasteiger partial charge >= 0.3 is 0 Å². The number of hydrogen-bond acceptors (Lipinski definition) is 1. The highest BCUT2D eigenvalue weighted by Gasteiger charge is 2.15. The van der Waals surface area contributed by atoms with E-state index in [1.54, 1.807) is 6.92 Å². The number of carbonyl (C=O) groups is 1. The molecule has 0 aliphatic heterocycles. The van der Waals surface area contributed by atoms with Gasteiger partial charge in [-0.25, -0.2) is 0 Å². The van der Waals surface area contributed by atoms with Crippen LogP contribution in [-0.4, -0.2) is 5.78 Å². The molecular formula is C27H42O. The van der Waals surface area contributed by atoms with Gasteiger partial charge in [0, 0.05) is 6.42 Å². The average Bonchev–Trinajstić information content (AvgIpc) is 2.55.